The van der Waals surface area contributed by atoms with Crippen LogP contribution < -0.4 is 10.0 Å². The highest BCUT2D eigenvalue weighted by atomic mass is 32.2. The van der Waals surface area contributed by atoms with Crippen LogP contribution in [-0.2, 0) is 10.0 Å². The maximum absolute atomic E-state index is 13.4. The summed E-state index contributed by atoms with van der Waals surface area (Å²) in [6.07, 6.45) is 2.02. The summed E-state index contributed by atoms with van der Waals surface area (Å²) in [6.45, 7) is 1.67. The fourth-order valence-corrected chi connectivity index (χ4v) is 2.57. The minimum Gasteiger partial charge on any atom is -0.313 e. The zero-order chi connectivity index (χ0) is 14.9. The number of halogens is 3. The Hall–Kier alpha value is -1.28. The highest BCUT2D eigenvalue weighted by Gasteiger charge is 2.27. The monoisotopic (exact) mass is 308 g/mol. The van der Waals surface area contributed by atoms with E-state index in [9.17, 15) is 21.6 Å². The van der Waals surface area contributed by atoms with Crippen molar-refractivity contribution in [3.8, 4) is 0 Å². The Morgan fingerprint density at radius 3 is 2.50 bits per heavy atom. The van der Waals surface area contributed by atoms with Crippen molar-refractivity contribution < 1.29 is 21.6 Å². The SMILES string of the molecule is CC(CNC1CC1)S(=O)(=O)Nc1ccc(F)c(F)c1F. The normalized spacial score (nSPS) is 17.0. The van der Waals surface area contributed by atoms with Gasteiger partial charge in [0.25, 0.3) is 0 Å². The molecule has 0 aliphatic heterocycles. The van der Waals surface area contributed by atoms with E-state index >= 15 is 0 Å². The third-order valence-corrected chi connectivity index (χ3v) is 4.82. The van der Waals surface area contributed by atoms with Crippen LogP contribution in [0.2, 0.25) is 0 Å². The number of sulfonamides is 1. The van der Waals surface area contributed by atoms with Gasteiger partial charge in [-0.25, -0.2) is 21.6 Å². The average Bonchev–Trinajstić information content (AvgIpc) is 3.20. The maximum Gasteiger partial charge on any atom is 0.236 e. The number of rotatable bonds is 6. The van der Waals surface area contributed by atoms with Gasteiger partial charge in [0.1, 0.15) is 0 Å². The van der Waals surface area contributed by atoms with Gasteiger partial charge < -0.3 is 5.32 Å². The van der Waals surface area contributed by atoms with E-state index in [1.54, 1.807) is 0 Å². The van der Waals surface area contributed by atoms with Gasteiger partial charge in [-0.1, -0.05) is 0 Å². The number of hydrogen-bond acceptors (Lipinski definition) is 3. The molecule has 2 rings (SSSR count). The molecule has 1 aliphatic carbocycles. The lowest BCUT2D eigenvalue weighted by Crippen LogP contribution is -2.35. The van der Waals surface area contributed by atoms with Gasteiger partial charge in [0.2, 0.25) is 10.0 Å². The zero-order valence-electron chi connectivity index (χ0n) is 10.8. The maximum atomic E-state index is 13.4. The second-order valence-corrected chi connectivity index (χ2v) is 6.96. The van der Waals surface area contributed by atoms with Crippen molar-refractivity contribution in [1.82, 2.24) is 5.32 Å². The third-order valence-electron chi connectivity index (χ3n) is 3.09. The molecule has 1 aromatic rings. The largest absolute Gasteiger partial charge is 0.313 e. The third kappa shape index (κ3) is 3.43. The smallest absolute Gasteiger partial charge is 0.236 e. The summed E-state index contributed by atoms with van der Waals surface area (Å²) in [5.41, 5.74) is -0.595. The highest BCUT2D eigenvalue weighted by Crippen LogP contribution is 2.22. The Morgan fingerprint density at radius 1 is 1.25 bits per heavy atom. The Balaban J connectivity index is 2.08. The van der Waals surface area contributed by atoms with Crippen LogP contribution >= 0.6 is 0 Å². The van der Waals surface area contributed by atoms with Gasteiger partial charge in [0.05, 0.1) is 10.9 Å². The zero-order valence-corrected chi connectivity index (χ0v) is 11.6. The van der Waals surface area contributed by atoms with E-state index in [1.165, 1.54) is 6.92 Å². The topological polar surface area (TPSA) is 58.2 Å². The molecule has 2 N–H and O–H groups in total. The summed E-state index contributed by atoms with van der Waals surface area (Å²) in [4.78, 5) is 0. The van der Waals surface area contributed by atoms with Crippen molar-refractivity contribution in [1.29, 1.82) is 0 Å². The van der Waals surface area contributed by atoms with Gasteiger partial charge in [-0.05, 0) is 31.9 Å². The summed E-state index contributed by atoms with van der Waals surface area (Å²) in [5, 5.41) is 2.21. The molecule has 1 aromatic carbocycles. The number of benzene rings is 1. The molecular formula is C12H15F3N2O2S. The molecule has 1 fully saturated rings. The minimum atomic E-state index is -3.87. The standard InChI is InChI=1S/C12H15F3N2O2S/c1-7(6-16-8-2-3-8)20(18,19)17-10-5-4-9(13)11(14)12(10)15/h4-5,7-8,16-17H,2-3,6H2,1H3. The highest BCUT2D eigenvalue weighted by molar-refractivity contribution is 7.93. The van der Waals surface area contributed by atoms with Crippen LogP contribution in [0.3, 0.4) is 0 Å². The second-order valence-electron chi connectivity index (χ2n) is 4.86. The number of hydrogen-bond donors (Lipinski definition) is 2. The number of nitrogens with one attached hydrogen (secondary N) is 2. The van der Waals surface area contributed by atoms with Gasteiger partial charge in [-0.15, -0.1) is 0 Å². The van der Waals surface area contributed by atoms with Crippen LogP contribution in [0.15, 0.2) is 12.1 Å². The molecule has 1 atom stereocenters. The van der Waals surface area contributed by atoms with E-state index in [2.05, 4.69) is 5.32 Å². The van der Waals surface area contributed by atoms with E-state index in [4.69, 9.17) is 0 Å². The lowest BCUT2D eigenvalue weighted by molar-refractivity contribution is 0.449. The summed E-state index contributed by atoms with van der Waals surface area (Å²) >= 11 is 0. The van der Waals surface area contributed by atoms with E-state index in [-0.39, 0.29) is 6.54 Å². The lowest BCUT2D eigenvalue weighted by Gasteiger charge is -2.16. The van der Waals surface area contributed by atoms with Crippen molar-refractivity contribution in [3.05, 3.63) is 29.6 Å². The van der Waals surface area contributed by atoms with Crippen molar-refractivity contribution >= 4 is 15.7 Å². The van der Waals surface area contributed by atoms with E-state index < -0.39 is 38.4 Å². The molecule has 112 valence electrons. The molecule has 0 aromatic heterocycles. The molecule has 8 heteroatoms. The molecule has 1 saturated carbocycles. The van der Waals surface area contributed by atoms with Crippen LogP contribution in [0, 0.1) is 17.5 Å². The lowest BCUT2D eigenvalue weighted by atomic mass is 10.3. The van der Waals surface area contributed by atoms with Crippen molar-refractivity contribution in [2.75, 3.05) is 11.3 Å². The molecule has 0 bridgehead atoms. The fourth-order valence-electron chi connectivity index (χ4n) is 1.59. The molecule has 4 nitrogen and oxygen atoms in total. The van der Waals surface area contributed by atoms with Crippen LogP contribution in [0.25, 0.3) is 0 Å². The first-order chi connectivity index (χ1) is 9.31. The van der Waals surface area contributed by atoms with Gasteiger partial charge in [-0.3, -0.25) is 4.72 Å². The Labute approximate surface area is 115 Å². The minimum absolute atomic E-state index is 0.214. The predicted molar refractivity (Wildman–Crippen MR) is 69.3 cm³/mol. The Kier molecular flexibility index (Phi) is 4.24. The molecule has 0 saturated heterocycles. The first-order valence-electron chi connectivity index (χ1n) is 6.20. The summed E-state index contributed by atoms with van der Waals surface area (Å²) in [7, 11) is -3.87. The van der Waals surface area contributed by atoms with Crippen molar-refractivity contribution in [2.24, 2.45) is 0 Å². The van der Waals surface area contributed by atoms with E-state index in [0.717, 1.165) is 18.9 Å². The molecule has 1 unspecified atom stereocenters. The van der Waals surface area contributed by atoms with Crippen LogP contribution in [0.1, 0.15) is 19.8 Å². The molecule has 0 amide bonds. The summed E-state index contributed by atoms with van der Waals surface area (Å²) in [5.74, 6) is -4.61. The van der Waals surface area contributed by atoms with E-state index in [0.29, 0.717) is 12.1 Å². The van der Waals surface area contributed by atoms with Gasteiger partial charge >= 0.3 is 0 Å². The Morgan fingerprint density at radius 2 is 1.90 bits per heavy atom. The first-order valence-corrected chi connectivity index (χ1v) is 7.74. The van der Waals surface area contributed by atoms with Crippen LogP contribution in [0.5, 0.6) is 0 Å². The Bertz CT molecular complexity index is 603. The first kappa shape index (κ1) is 15.1. The van der Waals surface area contributed by atoms with Crippen molar-refractivity contribution in [2.45, 2.75) is 31.1 Å². The van der Waals surface area contributed by atoms with Gasteiger partial charge in [-0.2, -0.15) is 0 Å². The van der Waals surface area contributed by atoms with Crippen molar-refractivity contribution in [3.63, 3.8) is 0 Å². The molecule has 0 heterocycles. The summed E-state index contributed by atoms with van der Waals surface area (Å²) < 4.78 is 65.1. The fraction of sp³-hybridized carbons (Fsp3) is 0.500. The predicted octanol–water partition coefficient (Wildman–Crippen LogP) is 1.99. The molecule has 1 aliphatic rings. The molecule has 20 heavy (non-hydrogen) atoms. The second kappa shape index (κ2) is 5.61. The molecule has 0 spiro atoms. The quantitative estimate of drug-likeness (QED) is 0.790. The van der Waals surface area contributed by atoms with Gasteiger partial charge in [0, 0.05) is 12.6 Å². The average molecular weight is 308 g/mol. The van der Waals surface area contributed by atoms with Crippen LogP contribution in [-0.4, -0.2) is 26.3 Å². The summed E-state index contributed by atoms with van der Waals surface area (Å²) in [6, 6.07) is 1.86. The van der Waals surface area contributed by atoms with Gasteiger partial charge in [0.15, 0.2) is 17.5 Å². The van der Waals surface area contributed by atoms with Crippen LogP contribution in [0.4, 0.5) is 18.9 Å². The molecule has 0 radical (unpaired) electrons. The number of anilines is 1. The van der Waals surface area contributed by atoms with E-state index in [1.807, 2.05) is 4.72 Å². The molecular weight excluding hydrogens is 293 g/mol.